The van der Waals surface area contributed by atoms with Crippen molar-refractivity contribution in [3.05, 3.63) is 35.6 Å². The van der Waals surface area contributed by atoms with Gasteiger partial charge in [-0.05, 0) is 37.7 Å². The van der Waals surface area contributed by atoms with Gasteiger partial charge < -0.3 is 15.2 Å². The number of benzene rings is 1. The topological polar surface area (TPSA) is 41.5 Å². The average Bonchev–Trinajstić information content (AvgIpc) is 3.22. The van der Waals surface area contributed by atoms with Crippen LogP contribution in [0.1, 0.15) is 50.1 Å². The van der Waals surface area contributed by atoms with Gasteiger partial charge in [0.1, 0.15) is 5.82 Å². The molecule has 1 heterocycles. The molecule has 0 aromatic heterocycles. The van der Waals surface area contributed by atoms with Crippen LogP contribution in [0, 0.1) is 17.2 Å². The Morgan fingerprint density at radius 1 is 1.30 bits per heavy atom. The third-order valence-electron chi connectivity index (χ3n) is 5.64. The van der Waals surface area contributed by atoms with E-state index in [1.54, 1.807) is 12.1 Å². The van der Waals surface area contributed by atoms with Crippen molar-refractivity contribution in [2.24, 2.45) is 11.3 Å². The number of ether oxygens (including phenoxy) is 1. The molecule has 2 unspecified atom stereocenters. The molecule has 1 aromatic rings. The monoisotopic (exact) mass is 321 g/mol. The van der Waals surface area contributed by atoms with Gasteiger partial charge in [0.15, 0.2) is 0 Å². The van der Waals surface area contributed by atoms with Crippen LogP contribution in [-0.2, 0) is 4.74 Å². The number of aliphatic hydroxyl groups excluding tert-OH is 1. The molecule has 0 bridgehead atoms. The van der Waals surface area contributed by atoms with E-state index in [0.717, 1.165) is 44.4 Å². The second-order valence-electron chi connectivity index (χ2n) is 7.20. The van der Waals surface area contributed by atoms with Crippen molar-refractivity contribution in [2.75, 3.05) is 26.4 Å². The van der Waals surface area contributed by atoms with Crippen LogP contribution < -0.4 is 5.32 Å². The van der Waals surface area contributed by atoms with Crippen molar-refractivity contribution in [2.45, 2.75) is 44.6 Å². The highest BCUT2D eigenvalue weighted by Gasteiger charge is 2.36. The van der Waals surface area contributed by atoms with E-state index in [-0.39, 0.29) is 23.9 Å². The Balaban J connectivity index is 1.75. The first kappa shape index (κ1) is 16.9. The van der Waals surface area contributed by atoms with E-state index < -0.39 is 0 Å². The van der Waals surface area contributed by atoms with Gasteiger partial charge in [-0.1, -0.05) is 31.0 Å². The third kappa shape index (κ3) is 3.93. The van der Waals surface area contributed by atoms with Crippen LogP contribution >= 0.6 is 0 Å². The second kappa shape index (κ2) is 7.73. The van der Waals surface area contributed by atoms with Gasteiger partial charge in [-0.2, -0.15) is 0 Å². The largest absolute Gasteiger partial charge is 0.396 e. The molecule has 128 valence electrons. The van der Waals surface area contributed by atoms with E-state index in [4.69, 9.17) is 4.74 Å². The molecular formula is C19H28FNO2. The van der Waals surface area contributed by atoms with E-state index in [0.29, 0.717) is 12.5 Å². The average molecular weight is 321 g/mol. The molecule has 1 aromatic carbocycles. The third-order valence-corrected chi connectivity index (χ3v) is 5.64. The maximum atomic E-state index is 14.3. The molecule has 4 heteroatoms. The molecule has 2 aliphatic rings. The van der Waals surface area contributed by atoms with Crippen LogP contribution in [0.15, 0.2) is 24.3 Å². The van der Waals surface area contributed by atoms with Gasteiger partial charge in [0.25, 0.3) is 0 Å². The molecule has 2 fully saturated rings. The van der Waals surface area contributed by atoms with Crippen LogP contribution in [0.2, 0.25) is 0 Å². The lowest BCUT2D eigenvalue weighted by Gasteiger charge is -2.32. The summed E-state index contributed by atoms with van der Waals surface area (Å²) in [4.78, 5) is 0. The molecule has 1 saturated heterocycles. The molecule has 0 spiro atoms. The number of nitrogens with one attached hydrogen (secondary N) is 1. The van der Waals surface area contributed by atoms with E-state index in [2.05, 4.69) is 5.32 Å². The van der Waals surface area contributed by atoms with Gasteiger partial charge in [0, 0.05) is 36.8 Å². The highest BCUT2D eigenvalue weighted by Crippen LogP contribution is 2.38. The van der Waals surface area contributed by atoms with Gasteiger partial charge >= 0.3 is 0 Å². The molecule has 1 aliphatic carbocycles. The van der Waals surface area contributed by atoms with E-state index in [9.17, 15) is 9.50 Å². The molecule has 1 saturated carbocycles. The van der Waals surface area contributed by atoms with Gasteiger partial charge in [-0.15, -0.1) is 0 Å². The second-order valence-corrected chi connectivity index (χ2v) is 7.20. The summed E-state index contributed by atoms with van der Waals surface area (Å²) < 4.78 is 19.9. The van der Waals surface area contributed by atoms with E-state index in [1.165, 1.54) is 12.8 Å². The molecular weight excluding hydrogens is 293 g/mol. The summed E-state index contributed by atoms with van der Waals surface area (Å²) in [5, 5.41) is 13.0. The van der Waals surface area contributed by atoms with Crippen molar-refractivity contribution in [3.63, 3.8) is 0 Å². The molecule has 2 atom stereocenters. The highest BCUT2D eigenvalue weighted by atomic mass is 19.1. The first-order chi connectivity index (χ1) is 11.2. The highest BCUT2D eigenvalue weighted by molar-refractivity contribution is 5.22. The predicted octanol–water partition coefficient (Wildman–Crippen LogP) is 3.44. The van der Waals surface area contributed by atoms with Crippen LogP contribution in [0.4, 0.5) is 4.39 Å². The van der Waals surface area contributed by atoms with Crippen molar-refractivity contribution in [3.8, 4) is 0 Å². The van der Waals surface area contributed by atoms with Crippen LogP contribution in [0.25, 0.3) is 0 Å². The Bertz CT molecular complexity index is 496. The fourth-order valence-electron chi connectivity index (χ4n) is 4.19. The fourth-order valence-corrected chi connectivity index (χ4v) is 4.19. The van der Waals surface area contributed by atoms with Crippen LogP contribution in [0.5, 0.6) is 0 Å². The molecule has 3 nitrogen and oxygen atoms in total. The number of hydrogen-bond donors (Lipinski definition) is 2. The van der Waals surface area contributed by atoms with Crippen LogP contribution in [-0.4, -0.2) is 31.5 Å². The summed E-state index contributed by atoms with van der Waals surface area (Å²) in [6, 6.07) is 7.21. The predicted molar refractivity (Wildman–Crippen MR) is 88.7 cm³/mol. The van der Waals surface area contributed by atoms with Crippen molar-refractivity contribution < 1.29 is 14.2 Å². The molecule has 2 N–H and O–H groups in total. The summed E-state index contributed by atoms with van der Waals surface area (Å²) in [5.74, 6) is 0.385. The maximum Gasteiger partial charge on any atom is 0.127 e. The Morgan fingerprint density at radius 3 is 2.74 bits per heavy atom. The van der Waals surface area contributed by atoms with Gasteiger partial charge in [0.2, 0.25) is 0 Å². The van der Waals surface area contributed by atoms with Crippen molar-refractivity contribution in [1.29, 1.82) is 0 Å². The summed E-state index contributed by atoms with van der Waals surface area (Å²) in [5.41, 5.74) is 0.786. The zero-order valence-electron chi connectivity index (χ0n) is 13.8. The standard InChI is InChI=1S/C19H28FNO2/c20-17-8-4-3-7-16(17)18(15-5-1-2-6-15)21-13-19(9-11-22)10-12-23-14-19/h3-4,7-8,15,18,21-22H,1-2,5-6,9-14H2. The quantitative estimate of drug-likeness (QED) is 0.808. The molecule has 1 aliphatic heterocycles. The first-order valence-corrected chi connectivity index (χ1v) is 8.90. The Kier molecular flexibility index (Phi) is 5.67. The first-order valence-electron chi connectivity index (χ1n) is 8.90. The van der Waals surface area contributed by atoms with Crippen LogP contribution in [0.3, 0.4) is 0 Å². The van der Waals surface area contributed by atoms with Gasteiger partial charge in [-0.25, -0.2) is 4.39 Å². The number of aliphatic hydroxyl groups is 1. The minimum Gasteiger partial charge on any atom is -0.396 e. The number of hydrogen-bond acceptors (Lipinski definition) is 3. The lowest BCUT2D eigenvalue weighted by molar-refractivity contribution is 0.119. The summed E-state index contributed by atoms with van der Waals surface area (Å²) in [6.07, 6.45) is 6.51. The molecule has 0 amide bonds. The summed E-state index contributed by atoms with van der Waals surface area (Å²) in [6.45, 7) is 2.41. The maximum absolute atomic E-state index is 14.3. The SMILES string of the molecule is OCCC1(CNC(c2ccccc2F)C2CCCC2)CCOC1. The Hall–Kier alpha value is -0.970. The normalized spacial score (nSPS) is 26.7. The smallest absolute Gasteiger partial charge is 0.127 e. The molecule has 0 radical (unpaired) electrons. The zero-order chi connectivity index (χ0) is 16.1. The lowest BCUT2D eigenvalue weighted by atomic mass is 9.82. The zero-order valence-corrected chi connectivity index (χ0v) is 13.8. The summed E-state index contributed by atoms with van der Waals surface area (Å²) in [7, 11) is 0. The minimum absolute atomic E-state index is 0.00311. The van der Waals surface area contributed by atoms with Crippen molar-refractivity contribution >= 4 is 0 Å². The Labute approximate surface area is 138 Å². The number of rotatable bonds is 7. The van der Waals surface area contributed by atoms with Crippen molar-refractivity contribution in [1.82, 2.24) is 5.32 Å². The van der Waals surface area contributed by atoms with Gasteiger partial charge in [0.05, 0.1) is 6.61 Å². The van der Waals surface area contributed by atoms with Gasteiger partial charge in [-0.3, -0.25) is 0 Å². The lowest BCUT2D eigenvalue weighted by Crippen LogP contribution is -2.39. The minimum atomic E-state index is -0.115. The number of halogens is 1. The molecule has 23 heavy (non-hydrogen) atoms. The van der Waals surface area contributed by atoms with E-state index in [1.807, 2.05) is 12.1 Å². The Morgan fingerprint density at radius 2 is 2.09 bits per heavy atom. The van der Waals surface area contributed by atoms with E-state index >= 15 is 0 Å². The fraction of sp³-hybridized carbons (Fsp3) is 0.684. The summed E-state index contributed by atoms with van der Waals surface area (Å²) >= 11 is 0. The molecule has 3 rings (SSSR count).